The molecule has 0 heterocycles. The van der Waals surface area contributed by atoms with Crippen LogP contribution in [0.25, 0.3) is 0 Å². The first kappa shape index (κ1) is 32.7. The van der Waals surface area contributed by atoms with E-state index in [0.29, 0.717) is 64.3 Å². The molecule has 4 saturated carbocycles. The Morgan fingerprint density at radius 1 is 0.659 bits per heavy atom. The molecule has 0 aromatic heterocycles. The summed E-state index contributed by atoms with van der Waals surface area (Å²) in [5.41, 5.74) is -2.27. The first-order chi connectivity index (χ1) is 19.0. The SMILES string of the molecule is CC(C)(C)OC(=O)NCCCCCC(=O)NC12CC3(CCC(=O)O)CC(CCC(=O)O)(CC(CCC(=O)O)(C3)C1)C2. The maximum absolute atomic E-state index is 13.3. The van der Waals surface area contributed by atoms with Gasteiger partial charge in [0.1, 0.15) is 5.60 Å². The van der Waals surface area contributed by atoms with Gasteiger partial charge in [0.2, 0.25) is 5.91 Å². The van der Waals surface area contributed by atoms with Gasteiger partial charge in [-0.15, -0.1) is 0 Å². The van der Waals surface area contributed by atoms with Crippen molar-refractivity contribution in [3.05, 3.63) is 0 Å². The summed E-state index contributed by atoms with van der Waals surface area (Å²) < 4.78 is 5.22. The van der Waals surface area contributed by atoms with Crippen LogP contribution in [0.5, 0.6) is 0 Å². The summed E-state index contributed by atoms with van der Waals surface area (Å²) >= 11 is 0. The van der Waals surface area contributed by atoms with Crippen LogP contribution in [0.4, 0.5) is 4.79 Å². The van der Waals surface area contributed by atoms with E-state index in [0.717, 1.165) is 25.7 Å². The van der Waals surface area contributed by atoms with Crippen molar-refractivity contribution in [3.63, 3.8) is 0 Å². The van der Waals surface area contributed by atoms with Gasteiger partial charge in [0.25, 0.3) is 0 Å². The second kappa shape index (κ2) is 12.6. The molecule has 0 atom stereocenters. The molecule has 5 N–H and O–H groups in total. The van der Waals surface area contributed by atoms with Crippen LogP contribution in [0, 0.1) is 16.2 Å². The number of rotatable bonds is 16. The molecule has 0 saturated heterocycles. The highest BCUT2D eigenvalue weighted by Crippen LogP contribution is 2.74. The summed E-state index contributed by atoms with van der Waals surface area (Å²) in [6.07, 6.45) is 7.29. The molecular formula is C30H48N2O9. The predicted octanol–water partition coefficient (Wildman–Crippen LogP) is 4.86. The quantitative estimate of drug-likeness (QED) is 0.159. The van der Waals surface area contributed by atoms with Crippen LogP contribution in [0.3, 0.4) is 0 Å². The molecule has 4 fully saturated rings. The van der Waals surface area contributed by atoms with Crippen LogP contribution in [-0.2, 0) is 23.9 Å². The molecule has 11 heteroatoms. The highest BCUT2D eigenvalue weighted by molar-refractivity contribution is 5.77. The van der Waals surface area contributed by atoms with Crippen molar-refractivity contribution in [3.8, 4) is 0 Å². The molecule has 0 aromatic rings. The lowest BCUT2D eigenvalue weighted by Gasteiger charge is -2.71. The molecule has 4 aliphatic carbocycles. The van der Waals surface area contributed by atoms with E-state index in [9.17, 15) is 39.3 Å². The molecule has 0 aromatic carbocycles. The van der Waals surface area contributed by atoms with Gasteiger partial charge in [0, 0.05) is 37.8 Å². The number of hydrogen-bond acceptors (Lipinski definition) is 6. The molecule has 232 valence electrons. The lowest BCUT2D eigenvalue weighted by molar-refractivity contribution is -0.192. The number of amides is 2. The minimum absolute atomic E-state index is 0.00855. The van der Waals surface area contributed by atoms with Gasteiger partial charge < -0.3 is 30.7 Å². The molecule has 0 radical (unpaired) electrons. The van der Waals surface area contributed by atoms with Crippen LogP contribution in [0.1, 0.15) is 124 Å². The number of hydrogen-bond donors (Lipinski definition) is 5. The van der Waals surface area contributed by atoms with E-state index in [4.69, 9.17) is 4.74 Å². The van der Waals surface area contributed by atoms with Crippen molar-refractivity contribution in [1.82, 2.24) is 10.6 Å². The Balaban J connectivity index is 1.69. The molecule has 4 aliphatic rings. The zero-order valence-corrected chi connectivity index (χ0v) is 24.8. The second-order valence-electron chi connectivity index (χ2n) is 14.3. The zero-order valence-electron chi connectivity index (χ0n) is 24.8. The van der Waals surface area contributed by atoms with Gasteiger partial charge in [-0.25, -0.2) is 4.79 Å². The maximum Gasteiger partial charge on any atom is 0.407 e. The average Bonchev–Trinajstić information content (AvgIpc) is 2.80. The number of unbranched alkanes of at least 4 members (excludes halogenated alkanes) is 2. The summed E-state index contributed by atoms with van der Waals surface area (Å²) in [6.45, 7) is 5.84. The Morgan fingerprint density at radius 2 is 1.10 bits per heavy atom. The molecule has 11 nitrogen and oxygen atoms in total. The Bertz CT molecular complexity index is 926. The molecule has 2 amide bonds. The van der Waals surface area contributed by atoms with Crippen LogP contribution in [0.2, 0.25) is 0 Å². The van der Waals surface area contributed by atoms with Gasteiger partial charge in [-0.3, -0.25) is 19.2 Å². The third kappa shape index (κ3) is 9.33. The molecule has 0 aliphatic heterocycles. The highest BCUT2D eigenvalue weighted by Gasteiger charge is 2.67. The second-order valence-corrected chi connectivity index (χ2v) is 14.3. The van der Waals surface area contributed by atoms with Crippen molar-refractivity contribution in [2.75, 3.05) is 6.54 Å². The van der Waals surface area contributed by atoms with Gasteiger partial charge in [-0.1, -0.05) is 6.42 Å². The summed E-state index contributed by atoms with van der Waals surface area (Å²) in [7, 11) is 0. The minimum atomic E-state index is -0.890. The third-order valence-corrected chi connectivity index (χ3v) is 9.15. The molecule has 0 spiro atoms. The highest BCUT2D eigenvalue weighted by atomic mass is 16.6. The summed E-state index contributed by atoms with van der Waals surface area (Å²) in [5, 5.41) is 34.5. The number of carboxylic acids is 3. The van der Waals surface area contributed by atoms with Crippen molar-refractivity contribution < 1.29 is 44.0 Å². The Morgan fingerprint density at radius 3 is 1.49 bits per heavy atom. The molecular weight excluding hydrogens is 532 g/mol. The van der Waals surface area contributed by atoms with Gasteiger partial charge in [0.05, 0.1) is 0 Å². The van der Waals surface area contributed by atoms with Crippen LogP contribution >= 0.6 is 0 Å². The Kier molecular flexibility index (Phi) is 10.0. The Hall–Kier alpha value is -2.85. The smallest absolute Gasteiger partial charge is 0.407 e. The van der Waals surface area contributed by atoms with E-state index in [2.05, 4.69) is 10.6 Å². The normalized spacial score (nSPS) is 30.0. The van der Waals surface area contributed by atoms with Crippen LogP contribution < -0.4 is 10.6 Å². The van der Waals surface area contributed by atoms with Crippen molar-refractivity contribution in [2.45, 2.75) is 135 Å². The summed E-state index contributed by atoms with van der Waals surface area (Å²) in [4.78, 5) is 59.8. The number of carboxylic acid groups (broad SMARTS) is 3. The van der Waals surface area contributed by atoms with Crippen molar-refractivity contribution >= 4 is 29.9 Å². The molecule has 4 rings (SSSR count). The van der Waals surface area contributed by atoms with E-state index in [-0.39, 0.29) is 41.4 Å². The van der Waals surface area contributed by atoms with E-state index in [1.54, 1.807) is 20.8 Å². The summed E-state index contributed by atoms with van der Waals surface area (Å²) in [6, 6.07) is 0. The van der Waals surface area contributed by atoms with Gasteiger partial charge in [0.15, 0.2) is 0 Å². The van der Waals surface area contributed by atoms with Gasteiger partial charge in [-0.2, -0.15) is 0 Å². The first-order valence-corrected chi connectivity index (χ1v) is 14.9. The predicted molar refractivity (Wildman–Crippen MR) is 149 cm³/mol. The standard InChI is InChI=1S/C30H48N2O9/c1-26(2,3)41-25(40)31-14-6-4-5-7-21(33)32-30-18-27(11-8-22(34)35)15-28(19-30,12-9-23(36)37)17-29(16-27,20-30)13-10-24(38)39/h4-20H2,1-3H3,(H,31,40)(H,32,33)(H,34,35)(H,36,37)(H,38,39). The Labute approximate surface area is 242 Å². The maximum atomic E-state index is 13.3. The van der Waals surface area contributed by atoms with Gasteiger partial charge in [-0.05, 0) is 108 Å². The molecule has 4 bridgehead atoms. The zero-order chi connectivity index (χ0) is 30.5. The number of aliphatic carboxylic acids is 3. The lowest BCUT2D eigenvalue weighted by atomic mass is 9.35. The van der Waals surface area contributed by atoms with E-state index >= 15 is 0 Å². The number of carbonyl (C=O) groups is 5. The van der Waals surface area contributed by atoms with Crippen molar-refractivity contribution in [1.29, 1.82) is 0 Å². The minimum Gasteiger partial charge on any atom is -0.481 e. The fraction of sp³-hybridized carbons (Fsp3) is 0.833. The number of alkyl carbamates (subject to hydrolysis) is 1. The van der Waals surface area contributed by atoms with Crippen LogP contribution in [0.15, 0.2) is 0 Å². The largest absolute Gasteiger partial charge is 0.481 e. The topological polar surface area (TPSA) is 179 Å². The fourth-order valence-electron chi connectivity index (χ4n) is 8.78. The van der Waals surface area contributed by atoms with E-state index in [1.165, 1.54) is 0 Å². The number of nitrogens with one attached hydrogen (secondary N) is 2. The summed E-state index contributed by atoms with van der Waals surface area (Å²) in [5.74, 6) is -2.76. The molecule has 41 heavy (non-hydrogen) atoms. The average molecular weight is 581 g/mol. The number of carbonyl (C=O) groups excluding carboxylic acids is 2. The monoisotopic (exact) mass is 580 g/mol. The van der Waals surface area contributed by atoms with E-state index < -0.39 is 35.1 Å². The van der Waals surface area contributed by atoms with Crippen molar-refractivity contribution in [2.24, 2.45) is 16.2 Å². The van der Waals surface area contributed by atoms with Gasteiger partial charge >= 0.3 is 24.0 Å². The third-order valence-electron chi connectivity index (χ3n) is 9.15. The first-order valence-electron chi connectivity index (χ1n) is 14.9. The lowest BCUT2D eigenvalue weighted by Crippen LogP contribution is -2.69. The fourth-order valence-corrected chi connectivity index (χ4v) is 8.78. The number of ether oxygens (including phenoxy) is 1. The van der Waals surface area contributed by atoms with E-state index in [1.807, 2.05) is 0 Å². The van der Waals surface area contributed by atoms with Crippen LogP contribution in [-0.4, -0.2) is 62.9 Å². The molecule has 0 unspecified atom stereocenters.